The third-order valence-electron chi connectivity index (χ3n) is 4.10. The quantitative estimate of drug-likeness (QED) is 0.363. The van der Waals surface area contributed by atoms with Gasteiger partial charge in [-0.1, -0.05) is 0 Å². The molecule has 0 unspecified atom stereocenters. The standard InChI is InChI=1S/C20H15BrN4O2Se/c21-13-5-7-14(8-6-13)24-19(27)17-11-23-20(28-17)25-18(26)9-12-10-22-16-4-2-1-3-15(12)16/h1-8,10-11,22H,9H2,(H,24,27)(H,23,25,26). The number of nitrogens with one attached hydrogen (secondary N) is 3. The molecule has 2 aromatic heterocycles. The molecular formula is C20H15BrN4O2Se. The van der Waals surface area contributed by atoms with Gasteiger partial charge in [0.1, 0.15) is 0 Å². The maximum atomic E-state index is 12.4. The second-order valence-electron chi connectivity index (χ2n) is 6.08. The summed E-state index contributed by atoms with van der Waals surface area (Å²) in [5.74, 6) is -0.347. The van der Waals surface area contributed by atoms with Crippen molar-refractivity contribution < 1.29 is 9.59 Å². The first-order valence-electron chi connectivity index (χ1n) is 8.46. The Morgan fingerprint density at radius 1 is 1.07 bits per heavy atom. The second-order valence-corrected chi connectivity index (χ2v) is 9.15. The number of rotatable bonds is 5. The van der Waals surface area contributed by atoms with Crippen LogP contribution in [0.25, 0.3) is 10.9 Å². The number of hydrogen-bond acceptors (Lipinski definition) is 3. The van der Waals surface area contributed by atoms with Gasteiger partial charge in [-0.15, -0.1) is 0 Å². The van der Waals surface area contributed by atoms with Crippen molar-refractivity contribution in [3.05, 3.63) is 75.4 Å². The monoisotopic (exact) mass is 502 g/mol. The molecule has 4 rings (SSSR count). The number of fused-ring (bicyclic) bond motifs is 1. The molecule has 2 amide bonds. The van der Waals surface area contributed by atoms with Crippen LogP contribution in [0.2, 0.25) is 0 Å². The number of halogens is 1. The van der Waals surface area contributed by atoms with Gasteiger partial charge in [0, 0.05) is 0 Å². The molecule has 2 aromatic carbocycles. The first-order chi connectivity index (χ1) is 13.6. The van der Waals surface area contributed by atoms with Gasteiger partial charge in [0.2, 0.25) is 0 Å². The van der Waals surface area contributed by atoms with Crippen LogP contribution in [0.15, 0.2) is 65.4 Å². The average Bonchev–Trinajstić information content (AvgIpc) is 3.31. The average molecular weight is 502 g/mol. The molecule has 0 aliphatic carbocycles. The Morgan fingerprint density at radius 2 is 1.86 bits per heavy atom. The molecule has 0 aliphatic rings. The minimum atomic E-state index is -0.338. The molecule has 4 aromatic rings. The molecule has 2 heterocycles. The van der Waals surface area contributed by atoms with Crippen molar-refractivity contribution in [1.29, 1.82) is 0 Å². The zero-order valence-electron chi connectivity index (χ0n) is 14.5. The summed E-state index contributed by atoms with van der Waals surface area (Å²) in [4.78, 5) is 32.1. The van der Waals surface area contributed by atoms with Gasteiger partial charge in [-0.2, -0.15) is 0 Å². The van der Waals surface area contributed by atoms with Crippen molar-refractivity contribution in [2.45, 2.75) is 6.42 Å². The Hall–Kier alpha value is -2.67. The Kier molecular flexibility index (Phi) is 5.43. The van der Waals surface area contributed by atoms with E-state index in [0.717, 1.165) is 20.9 Å². The Bertz CT molecular complexity index is 1150. The minimum absolute atomic E-state index is 0.145. The van der Waals surface area contributed by atoms with Crippen molar-refractivity contribution in [3.8, 4) is 0 Å². The van der Waals surface area contributed by atoms with Crippen molar-refractivity contribution in [1.82, 2.24) is 9.97 Å². The predicted octanol–water partition coefficient (Wildman–Crippen LogP) is 3.82. The Morgan fingerprint density at radius 3 is 2.68 bits per heavy atom. The summed E-state index contributed by atoms with van der Waals surface area (Å²) in [6.07, 6.45) is 3.62. The van der Waals surface area contributed by atoms with Crippen molar-refractivity contribution in [2.75, 3.05) is 10.6 Å². The molecule has 6 nitrogen and oxygen atoms in total. The van der Waals surface area contributed by atoms with Crippen LogP contribution in [0.4, 0.5) is 10.4 Å². The number of carbonyl (C=O) groups excluding carboxylic acids is 2. The summed E-state index contributed by atoms with van der Waals surface area (Å²) >= 11 is 3.02. The molecule has 8 heteroatoms. The fourth-order valence-electron chi connectivity index (χ4n) is 2.78. The van der Waals surface area contributed by atoms with Crippen LogP contribution >= 0.6 is 15.9 Å². The van der Waals surface area contributed by atoms with Gasteiger partial charge in [0.15, 0.2) is 0 Å². The molecule has 0 saturated heterocycles. The molecule has 0 radical (unpaired) electrons. The summed E-state index contributed by atoms with van der Waals surface area (Å²) in [6, 6.07) is 15.2. The zero-order chi connectivity index (χ0) is 19.5. The van der Waals surface area contributed by atoms with E-state index < -0.39 is 0 Å². The number of nitrogens with zero attached hydrogens (tertiary/aromatic N) is 1. The van der Waals surface area contributed by atoms with E-state index in [4.69, 9.17) is 0 Å². The van der Waals surface area contributed by atoms with E-state index in [9.17, 15) is 9.59 Å². The third-order valence-corrected chi connectivity index (χ3v) is 6.54. The van der Waals surface area contributed by atoms with Gasteiger partial charge in [-0.3, -0.25) is 0 Å². The van der Waals surface area contributed by atoms with Crippen molar-refractivity contribution >= 4 is 63.5 Å². The SMILES string of the molecule is O=C(Cc1c[nH]c2ccccc12)Nc1ncc(C(=O)Nc2ccc(Br)cc2)[se]1. The summed E-state index contributed by atoms with van der Waals surface area (Å²) in [7, 11) is 0. The van der Waals surface area contributed by atoms with Gasteiger partial charge in [0.05, 0.1) is 0 Å². The number of anilines is 2. The first-order valence-corrected chi connectivity index (χ1v) is 11.0. The third kappa shape index (κ3) is 4.25. The van der Waals surface area contributed by atoms with Crippen molar-refractivity contribution in [2.24, 2.45) is 0 Å². The summed E-state index contributed by atoms with van der Waals surface area (Å²) in [6.45, 7) is 0. The van der Waals surface area contributed by atoms with Crippen LogP contribution in [0.5, 0.6) is 0 Å². The molecule has 28 heavy (non-hydrogen) atoms. The van der Waals surface area contributed by atoms with Gasteiger partial charge >= 0.3 is 176 Å². The molecule has 0 spiro atoms. The van der Waals surface area contributed by atoms with Gasteiger partial charge in [-0.05, 0) is 0 Å². The Balaban J connectivity index is 1.39. The predicted molar refractivity (Wildman–Crippen MR) is 114 cm³/mol. The topological polar surface area (TPSA) is 86.9 Å². The van der Waals surface area contributed by atoms with Crippen LogP contribution < -0.4 is 10.6 Å². The Labute approximate surface area is 175 Å². The molecule has 0 bridgehead atoms. The number of amides is 2. The molecule has 0 atom stereocenters. The maximum absolute atomic E-state index is 12.4. The van der Waals surface area contributed by atoms with Crippen molar-refractivity contribution in [3.63, 3.8) is 0 Å². The number of para-hydroxylation sites is 1. The normalized spacial score (nSPS) is 10.8. The number of benzene rings is 2. The summed E-state index contributed by atoms with van der Waals surface area (Å²) in [5.41, 5.74) is 2.64. The zero-order valence-corrected chi connectivity index (χ0v) is 17.8. The molecular weight excluding hydrogens is 487 g/mol. The number of aromatic nitrogens is 2. The van der Waals surface area contributed by atoms with Crippen LogP contribution in [-0.2, 0) is 11.2 Å². The van der Waals surface area contributed by atoms with E-state index in [2.05, 4.69) is 36.5 Å². The number of carbonyl (C=O) groups is 2. The van der Waals surface area contributed by atoms with Crippen LogP contribution in [0.3, 0.4) is 0 Å². The molecule has 3 N–H and O–H groups in total. The van der Waals surface area contributed by atoms with E-state index in [1.165, 1.54) is 6.20 Å². The summed E-state index contributed by atoms with van der Waals surface area (Å²) in [5, 5.41) is 6.70. The van der Waals surface area contributed by atoms with E-state index in [0.29, 0.717) is 14.8 Å². The van der Waals surface area contributed by atoms with Gasteiger partial charge in [0.25, 0.3) is 0 Å². The fourth-order valence-corrected chi connectivity index (χ4v) is 4.57. The molecule has 0 saturated carbocycles. The summed E-state index contributed by atoms with van der Waals surface area (Å²) < 4.78 is 2.05. The van der Waals surface area contributed by atoms with E-state index in [-0.39, 0.29) is 32.7 Å². The van der Waals surface area contributed by atoms with Crippen LogP contribution in [0, 0.1) is 0 Å². The first kappa shape index (κ1) is 18.7. The second kappa shape index (κ2) is 8.14. The van der Waals surface area contributed by atoms with Gasteiger partial charge in [-0.25, -0.2) is 0 Å². The number of H-pyrrole nitrogens is 1. The van der Waals surface area contributed by atoms with Gasteiger partial charge < -0.3 is 0 Å². The molecule has 0 fully saturated rings. The van der Waals surface area contributed by atoms with E-state index >= 15 is 0 Å². The fraction of sp³-hybridized carbons (Fsp3) is 0.0500. The van der Waals surface area contributed by atoms with Crippen LogP contribution in [0.1, 0.15) is 14.8 Å². The van der Waals surface area contributed by atoms with E-state index in [1.807, 2.05) is 54.7 Å². The molecule has 140 valence electrons. The van der Waals surface area contributed by atoms with E-state index in [1.54, 1.807) is 0 Å². The van der Waals surface area contributed by atoms with Crippen LogP contribution in [-0.4, -0.2) is 36.3 Å². The number of aromatic amines is 1. The molecule has 0 aliphatic heterocycles. The number of hydrogen-bond donors (Lipinski definition) is 3.